The van der Waals surface area contributed by atoms with E-state index in [9.17, 15) is 17.6 Å². The van der Waals surface area contributed by atoms with Gasteiger partial charge in [0.15, 0.2) is 9.84 Å². The first-order chi connectivity index (χ1) is 13.7. The van der Waals surface area contributed by atoms with E-state index in [2.05, 4.69) is 4.90 Å². The van der Waals surface area contributed by atoms with Gasteiger partial charge in [-0.2, -0.15) is 0 Å². The summed E-state index contributed by atoms with van der Waals surface area (Å²) in [5, 5.41) is 0.169. The van der Waals surface area contributed by atoms with Crippen LogP contribution in [0.5, 0.6) is 0 Å². The van der Waals surface area contributed by atoms with E-state index >= 15 is 0 Å². The standard InChI is InChI=1S/C21H24ClFN2O3S/c1-15-4-9-18(23)19(20(15)22)21(26)25-11-3-10-24(12-13-25)14-16-5-7-17(8-6-16)29(2,27)28/h4-9H,3,10-14H2,1-2H3. The number of carbonyl (C=O) groups is 1. The zero-order valence-corrected chi connectivity index (χ0v) is 18.1. The molecule has 1 saturated heterocycles. The normalized spacial score (nSPS) is 15.9. The van der Waals surface area contributed by atoms with Gasteiger partial charge < -0.3 is 4.90 Å². The Morgan fingerprint density at radius 2 is 1.76 bits per heavy atom. The van der Waals surface area contributed by atoms with Crippen molar-refractivity contribution in [1.82, 2.24) is 9.80 Å². The summed E-state index contributed by atoms with van der Waals surface area (Å²) in [6, 6.07) is 9.69. The Kier molecular flexibility index (Phi) is 6.61. The molecule has 1 aliphatic heterocycles. The molecule has 0 N–H and O–H groups in total. The van der Waals surface area contributed by atoms with Crippen molar-refractivity contribution in [3.63, 3.8) is 0 Å². The first-order valence-corrected chi connectivity index (χ1v) is 11.7. The maximum absolute atomic E-state index is 14.2. The monoisotopic (exact) mass is 438 g/mol. The summed E-state index contributed by atoms with van der Waals surface area (Å²) in [4.78, 5) is 17.0. The average molecular weight is 439 g/mol. The van der Waals surface area contributed by atoms with Crippen molar-refractivity contribution in [2.75, 3.05) is 32.4 Å². The van der Waals surface area contributed by atoms with Gasteiger partial charge in [-0.05, 0) is 42.7 Å². The smallest absolute Gasteiger partial charge is 0.258 e. The molecule has 2 aromatic rings. The van der Waals surface area contributed by atoms with Gasteiger partial charge in [-0.1, -0.05) is 29.8 Å². The highest BCUT2D eigenvalue weighted by atomic mass is 35.5. The van der Waals surface area contributed by atoms with Gasteiger partial charge in [-0.25, -0.2) is 12.8 Å². The largest absolute Gasteiger partial charge is 0.337 e. The second-order valence-electron chi connectivity index (χ2n) is 7.39. The summed E-state index contributed by atoms with van der Waals surface area (Å²) >= 11 is 6.19. The lowest BCUT2D eigenvalue weighted by Gasteiger charge is -2.23. The molecule has 5 nitrogen and oxygen atoms in total. The number of aryl methyl sites for hydroxylation is 1. The molecule has 0 aliphatic carbocycles. The molecular weight excluding hydrogens is 415 g/mol. The Balaban J connectivity index is 1.66. The summed E-state index contributed by atoms with van der Waals surface area (Å²) < 4.78 is 37.4. The Morgan fingerprint density at radius 3 is 2.41 bits per heavy atom. The minimum Gasteiger partial charge on any atom is -0.337 e. The first kappa shape index (κ1) is 21.7. The van der Waals surface area contributed by atoms with E-state index in [1.807, 2.05) is 12.1 Å². The zero-order chi connectivity index (χ0) is 21.2. The Bertz CT molecular complexity index is 1010. The molecule has 1 fully saturated rings. The Morgan fingerprint density at radius 1 is 1.07 bits per heavy atom. The predicted molar refractivity (Wildman–Crippen MR) is 111 cm³/mol. The molecule has 29 heavy (non-hydrogen) atoms. The van der Waals surface area contributed by atoms with E-state index in [0.717, 1.165) is 18.5 Å². The van der Waals surface area contributed by atoms with Crippen LogP contribution in [0.25, 0.3) is 0 Å². The van der Waals surface area contributed by atoms with Crippen LogP contribution < -0.4 is 0 Å². The molecule has 0 unspecified atom stereocenters. The molecule has 0 aromatic heterocycles. The van der Waals surface area contributed by atoms with Crippen LogP contribution in [0.2, 0.25) is 5.02 Å². The molecule has 156 valence electrons. The van der Waals surface area contributed by atoms with Crippen LogP contribution in [0.1, 0.15) is 27.9 Å². The fourth-order valence-corrected chi connectivity index (χ4v) is 4.31. The van der Waals surface area contributed by atoms with Gasteiger partial charge >= 0.3 is 0 Å². The Hall–Kier alpha value is -1.96. The van der Waals surface area contributed by atoms with Crippen molar-refractivity contribution >= 4 is 27.3 Å². The van der Waals surface area contributed by atoms with Crippen molar-refractivity contribution in [2.45, 2.75) is 24.8 Å². The van der Waals surface area contributed by atoms with Crippen LogP contribution in [0.4, 0.5) is 4.39 Å². The number of hydrogen-bond acceptors (Lipinski definition) is 4. The quantitative estimate of drug-likeness (QED) is 0.732. The number of carbonyl (C=O) groups excluding carboxylic acids is 1. The summed E-state index contributed by atoms with van der Waals surface area (Å²) in [5.74, 6) is -0.978. The molecular formula is C21H24ClFN2O3S. The Labute approximate surface area is 176 Å². The highest BCUT2D eigenvalue weighted by molar-refractivity contribution is 7.90. The lowest BCUT2D eigenvalue weighted by Crippen LogP contribution is -2.35. The number of nitrogens with zero attached hydrogens (tertiary/aromatic N) is 2. The number of rotatable bonds is 4. The number of halogens is 2. The molecule has 0 atom stereocenters. The van der Waals surface area contributed by atoms with Crippen LogP contribution >= 0.6 is 11.6 Å². The number of hydrogen-bond donors (Lipinski definition) is 0. The number of amides is 1. The predicted octanol–water partition coefficient (Wildman–Crippen LogP) is 3.54. The zero-order valence-electron chi connectivity index (χ0n) is 16.5. The van der Waals surface area contributed by atoms with Crippen molar-refractivity contribution in [1.29, 1.82) is 0 Å². The molecule has 8 heteroatoms. The van der Waals surface area contributed by atoms with Gasteiger partial charge in [-0.3, -0.25) is 9.69 Å². The van der Waals surface area contributed by atoms with Crippen LogP contribution in [0.3, 0.4) is 0 Å². The first-order valence-electron chi connectivity index (χ1n) is 9.42. The summed E-state index contributed by atoms with van der Waals surface area (Å²) in [6.45, 7) is 4.85. The lowest BCUT2D eigenvalue weighted by molar-refractivity contribution is 0.0756. The van der Waals surface area contributed by atoms with Crippen LogP contribution in [-0.4, -0.2) is 56.6 Å². The van der Waals surface area contributed by atoms with Crippen molar-refractivity contribution in [2.24, 2.45) is 0 Å². The molecule has 3 rings (SSSR count). The average Bonchev–Trinajstić information content (AvgIpc) is 2.90. The minimum absolute atomic E-state index is 0.0588. The molecule has 0 radical (unpaired) electrons. The molecule has 0 bridgehead atoms. The molecule has 2 aromatic carbocycles. The third kappa shape index (κ3) is 5.15. The van der Waals surface area contributed by atoms with E-state index < -0.39 is 15.7 Å². The van der Waals surface area contributed by atoms with Crippen LogP contribution in [0, 0.1) is 12.7 Å². The van der Waals surface area contributed by atoms with Crippen LogP contribution in [0.15, 0.2) is 41.3 Å². The summed E-state index contributed by atoms with van der Waals surface area (Å²) in [7, 11) is -3.21. The van der Waals surface area contributed by atoms with Crippen molar-refractivity contribution in [3.8, 4) is 0 Å². The van der Waals surface area contributed by atoms with Crippen molar-refractivity contribution < 1.29 is 17.6 Å². The SMILES string of the molecule is Cc1ccc(F)c(C(=O)N2CCCN(Cc3ccc(S(C)(=O)=O)cc3)CC2)c1Cl. The van der Waals surface area contributed by atoms with Crippen LogP contribution in [-0.2, 0) is 16.4 Å². The minimum atomic E-state index is -3.21. The van der Waals surface area contributed by atoms with Gasteiger partial charge in [0.05, 0.1) is 15.5 Å². The third-order valence-corrected chi connectivity index (χ3v) is 6.75. The maximum atomic E-state index is 14.2. The van der Waals surface area contributed by atoms with Gasteiger partial charge in [0, 0.05) is 39.0 Å². The molecule has 1 heterocycles. The number of sulfone groups is 1. The van der Waals surface area contributed by atoms with Gasteiger partial charge in [0.1, 0.15) is 5.82 Å². The maximum Gasteiger partial charge on any atom is 0.258 e. The van der Waals surface area contributed by atoms with Gasteiger partial charge in [0.2, 0.25) is 0 Å². The third-order valence-electron chi connectivity index (χ3n) is 5.13. The highest BCUT2D eigenvalue weighted by Crippen LogP contribution is 2.25. The second-order valence-corrected chi connectivity index (χ2v) is 9.78. The highest BCUT2D eigenvalue weighted by Gasteiger charge is 2.25. The van der Waals surface area contributed by atoms with Gasteiger partial charge in [0.25, 0.3) is 5.91 Å². The summed E-state index contributed by atoms with van der Waals surface area (Å²) in [5.41, 5.74) is 1.62. The fraction of sp³-hybridized carbons (Fsp3) is 0.381. The fourth-order valence-electron chi connectivity index (χ4n) is 3.44. The van der Waals surface area contributed by atoms with E-state index in [1.54, 1.807) is 30.0 Å². The van der Waals surface area contributed by atoms with Gasteiger partial charge in [-0.15, -0.1) is 0 Å². The van der Waals surface area contributed by atoms with E-state index in [4.69, 9.17) is 11.6 Å². The van der Waals surface area contributed by atoms with E-state index in [-0.39, 0.29) is 16.5 Å². The lowest BCUT2D eigenvalue weighted by atomic mass is 10.1. The molecule has 1 amide bonds. The molecule has 0 spiro atoms. The number of benzene rings is 2. The topological polar surface area (TPSA) is 57.7 Å². The molecule has 1 aliphatic rings. The van der Waals surface area contributed by atoms with Crippen molar-refractivity contribution in [3.05, 3.63) is 63.9 Å². The van der Waals surface area contributed by atoms with E-state index in [0.29, 0.717) is 36.6 Å². The summed E-state index contributed by atoms with van der Waals surface area (Å²) in [6.07, 6.45) is 1.95. The second kappa shape index (κ2) is 8.81. The molecule has 0 saturated carbocycles. The van der Waals surface area contributed by atoms with E-state index in [1.165, 1.54) is 12.3 Å².